The van der Waals surface area contributed by atoms with Gasteiger partial charge in [0, 0.05) is 25.7 Å². The number of hydrogen-bond acceptors (Lipinski definition) is 3. The highest BCUT2D eigenvalue weighted by molar-refractivity contribution is 7.88. The third-order valence-electron chi connectivity index (χ3n) is 1.87. The van der Waals surface area contributed by atoms with Gasteiger partial charge in [0.1, 0.15) is 6.67 Å². The van der Waals surface area contributed by atoms with Crippen LogP contribution in [0.3, 0.4) is 0 Å². The van der Waals surface area contributed by atoms with Crippen molar-refractivity contribution >= 4 is 10.0 Å². The fraction of sp³-hybridized carbons (Fsp3) is 1.00. The molecule has 0 aromatic heterocycles. The van der Waals surface area contributed by atoms with E-state index in [1.54, 1.807) is 0 Å². The molecule has 0 aromatic carbocycles. The van der Waals surface area contributed by atoms with E-state index in [9.17, 15) is 12.8 Å². The number of halogens is 1. The number of sulfonamides is 1. The van der Waals surface area contributed by atoms with E-state index in [-0.39, 0.29) is 6.04 Å². The Balaban J connectivity index is 3.83. The van der Waals surface area contributed by atoms with Gasteiger partial charge in [0.2, 0.25) is 10.0 Å². The molecule has 1 N–H and O–H groups in total. The maximum atomic E-state index is 12.1. The van der Waals surface area contributed by atoms with Crippen LogP contribution in [0.5, 0.6) is 0 Å². The van der Waals surface area contributed by atoms with E-state index in [1.807, 2.05) is 18.7 Å². The van der Waals surface area contributed by atoms with Gasteiger partial charge >= 0.3 is 0 Å². The topological polar surface area (TPSA) is 49.4 Å². The number of hydrogen-bond donors (Lipinski definition) is 1. The van der Waals surface area contributed by atoms with Crippen molar-refractivity contribution in [3.8, 4) is 0 Å². The molecular weight excluding hydrogens is 207 g/mol. The zero-order chi connectivity index (χ0) is 11.2. The van der Waals surface area contributed by atoms with Crippen LogP contribution in [0.1, 0.15) is 13.8 Å². The molecule has 0 heterocycles. The van der Waals surface area contributed by atoms with Crippen molar-refractivity contribution in [2.24, 2.45) is 0 Å². The Morgan fingerprint density at radius 2 is 1.93 bits per heavy atom. The number of nitrogens with zero attached hydrogens (tertiary/aromatic N) is 1. The fourth-order valence-corrected chi connectivity index (χ4v) is 1.57. The Kier molecular flexibility index (Phi) is 6.22. The van der Waals surface area contributed by atoms with Crippen LogP contribution < -0.4 is 4.72 Å². The molecule has 0 aliphatic carbocycles. The standard InChI is InChI=1S/C8H19FN2O2S/c1-8(2)11(6-4-9)7-5-10-14(3,12)13/h8,10H,4-7H2,1-3H3. The minimum Gasteiger partial charge on any atom is -0.297 e. The smallest absolute Gasteiger partial charge is 0.208 e. The lowest BCUT2D eigenvalue weighted by molar-refractivity contribution is 0.207. The Bertz CT molecular complexity index is 242. The van der Waals surface area contributed by atoms with Crippen LogP contribution in [0.25, 0.3) is 0 Å². The van der Waals surface area contributed by atoms with Gasteiger partial charge in [-0.1, -0.05) is 0 Å². The molecule has 0 spiro atoms. The molecule has 0 aromatic rings. The molecule has 0 atom stereocenters. The maximum absolute atomic E-state index is 12.1. The molecule has 0 saturated heterocycles. The summed E-state index contributed by atoms with van der Waals surface area (Å²) in [6, 6.07) is 0.229. The molecule has 0 saturated carbocycles. The largest absolute Gasteiger partial charge is 0.297 e. The summed E-state index contributed by atoms with van der Waals surface area (Å²) in [5, 5.41) is 0. The second-order valence-electron chi connectivity index (χ2n) is 3.49. The average Bonchev–Trinajstić information content (AvgIpc) is 2.00. The lowest BCUT2D eigenvalue weighted by Gasteiger charge is -2.24. The van der Waals surface area contributed by atoms with Crippen LogP contribution in [0.4, 0.5) is 4.39 Å². The molecule has 0 unspecified atom stereocenters. The first-order chi connectivity index (χ1) is 6.37. The van der Waals surface area contributed by atoms with Gasteiger partial charge in [0.15, 0.2) is 0 Å². The van der Waals surface area contributed by atoms with E-state index in [2.05, 4.69) is 4.72 Å². The van der Waals surface area contributed by atoms with Gasteiger partial charge in [-0.3, -0.25) is 4.90 Å². The molecule has 0 rings (SSSR count). The Morgan fingerprint density at radius 3 is 2.29 bits per heavy atom. The Hall–Kier alpha value is -0.200. The van der Waals surface area contributed by atoms with Crippen molar-refractivity contribution in [1.82, 2.24) is 9.62 Å². The summed E-state index contributed by atoms with van der Waals surface area (Å²) in [6.45, 7) is 4.72. The lowest BCUT2D eigenvalue weighted by atomic mass is 10.3. The molecule has 0 aliphatic heterocycles. The minimum atomic E-state index is -3.13. The Labute approximate surface area is 85.5 Å². The number of alkyl halides is 1. The predicted octanol–water partition coefficient (Wildman–Crippen LogP) is 0.216. The molecule has 4 nitrogen and oxygen atoms in total. The highest BCUT2D eigenvalue weighted by Crippen LogP contribution is 1.96. The lowest BCUT2D eigenvalue weighted by Crippen LogP contribution is -2.39. The van der Waals surface area contributed by atoms with Crippen molar-refractivity contribution in [3.05, 3.63) is 0 Å². The van der Waals surface area contributed by atoms with Gasteiger partial charge in [0.05, 0.1) is 6.26 Å². The van der Waals surface area contributed by atoms with Crippen LogP contribution in [-0.2, 0) is 10.0 Å². The van der Waals surface area contributed by atoms with Gasteiger partial charge in [-0.2, -0.15) is 0 Å². The zero-order valence-corrected chi connectivity index (χ0v) is 9.77. The summed E-state index contributed by atoms with van der Waals surface area (Å²) >= 11 is 0. The second-order valence-corrected chi connectivity index (χ2v) is 5.32. The summed E-state index contributed by atoms with van der Waals surface area (Å²) in [7, 11) is -3.13. The van der Waals surface area contributed by atoms with Crippen molar-refractivity contribution in [1.29, 1.82) is 0 Å². The first-order valence-electron chi connectivity index (χ1n) is 4.61. The highest BCUT2D eigenvalue weighted by Gasteiger charge is 2.09. The molecule has 0 bridgehead atoms. The average molecular weight is 226 g/mol. The van der Waals surface area contributed by atoms with Gasteiger partial charge in [-0.25, -0.2) is 17.5 Å². The second kappa shape index (κ2) is 6.31. The molecule has 0 amide bonds. The van der Waals surface area contributed by atoms with Crippen LogP contribution in [-0.4, -0.2) is 51.9 Å². The first-order valence-corrected chi connectivity index (χ1v) is 6.50. The van der Waals surface area contributed by atoms with E-state index >= 15 is 0 Å². The summed E-state index contributed by atoms with van der Waals surface area (Å²) in [5.41, 5.74) is 0. The van der Waals surface area contributed by atoms with Crippen molar-refractivity contribution in [3.63, 3.8) is 0 Å². The van der Waals surface area contributed by atoms with E-state index in [0.717, 1.165) is 6.26 Å². The summed E-state index contributed by atoms with van der Waals surface area (Å²) in [6.07, 6.45) is 1.11. The van der Waals surface area contributed by atoms with Crippen LogP contribution in [0.15, 0.2) is 0 Å². The van der Waals surface area contributed by atoms with Crippen LogP contribution in [0, 0.1) is 0 Å². The van der Waals surface area contributed by atoms with Crippen LogP contribution >= 0.6 is 0 Å². The van der Waals surface area contributed by atoms with E-state index in [4.69, 9.17) is 0 Å². The molecule has 0 radical (unpaired) electrons. The SMILES string of the molecule is CC(C)N(CCF)CCNS(C)(=O)=O. The van der Waals surface area contributed by atoms with E-state index in [1.165, 1.54) is 0 Å². The monoisotopic (exact) mass is 226 g/mol. The molecule has 14 heavy (non-hydrogen) atoms. The zero-order valence-electron chi connectivity index (χ0n) is 8.96. The third kappa shape index (κ3) is 7.23. The van der Waals surface area contributed by atoms with Crippen molar-refractivity contribution in [2.45, 2.75) is 19.9 Å². The molecule has 0 aliphatic rings. The first kappa shape index (κ1) is 13.8. The Morgan fingerprint density at radius 1 is 1.36 bits per heavy atom. The van der Waals surface area contributed by atoms with Crippen molar-refractivity contribution < 1.29 is 12.8 Å². The summed E-state index contributed by atoms with van der Waals surface area (Å²) in [4.78, 5) is 1.89. The van der Waals surface area contributed by atoms with E-state index in [0.29, 0.717) is 19.6 Å². The molecule has 6 heteroatoms. The predicted molar refractivity (Wildman–Crippen MR) is 55.5 cm³/mol. The fourth-order valence-electron chi connectivity index (χ4n) is 1.11. The normalized spacial score (nSPS) is 12.7. The van der Waals surface area contributed by atoms with Gasteiger partial charge in [-0.05, 0) is 13.8 Å². The molecular formula is C8H19FN2O2S. The third-order valence-corrected chi connectivity index (χ3v) is 2.59. The van der Waals surface area contributed by atoms with Gasteiger partial charge < -0.3 is 0 Å². The number of rotatable bonds is 7. The maximum Gasteiger partial charge on any atom is 0.208 e. The molecule has 0 fully saturated rings. The number of nitrogens with one attached hydrogen (secondary N) is 1. The minimum absolute atomic E-state index is 0.229. The van der Waals surface area contributed by atoms with Crippen molar-refractivity contribution in [2.75, 3.05) is 32.6 Å². The van der Waals surface area contributed by atoms with E-state index < -0.39 is 16.7 Å². The summed E-state index contributed by atoms with van der Waals surface area (Å²) in [5.74, 6) is 0. The van der Waals surface area contributed by atoms with Gasteiger partial charge in [-0.15, -0.1) is 0 Å². The highest BCUT2D eigenvalue weighted by atomic mass is 32.2. The van der Waals surface area contributed by atoms with Gasteiger partial charge in [0.25, 0.3) is 0 Å². The summed E-state index contributed by atoms with van der Waals surface area (Å²) < 4.78 is 35.9. The molecule has 86 valence electrons. The quantitative estimate of drug-likeness (QED) is 0.675. The van der Waals surface area contributed by atoms with Crippen LogP contribution in [0.2, 0.25) is 0 Å².